The first-order valence-electron chi connectivity index (χ1n) is 10.5. The van der Waals surface area contributed by atoms with Crippen LogP contribution in [0.5, 0.6) is 5.75 Å². The Morgan fingerprint density at radius 3 is 2.77 bits per heavy atom. The zero-order valence-corrected chi connectivity index (χ0v) is 19.1. The van der Waals surface area contributed by atoms with Gasteiger partial charge < -0.3 is 15.2 Å². The van der Waals surface area contributed by atoms with Crippen molar-refractivity contribution in [2.24, 2.45) is 5.41 Å². The number of para-hydroxylation sites is 1. The van der Waals surface area contributed by atoms with Gasteiger partial charge in [0.2, 0.25) is 5.91 Å². The molecule has 0 unspecified atom stereocenters. The van der Waals surface area contributed by atoms with Crippen molar-refractivity contribution >= 4 is 23.8 Å². The number of rotatable bonds is 8. The molecule has 0 spiro atoms. The van der Waals surface area contributed by atoms with E-state index in [2.05, 4.69) is 40.8 Å². The number of aliphatic carboxylic acids is 1. The van der Waals surface area contributed by atoms with Crippen molar-refractivity contribution in [3.05, 3.63) is 59.2 Å². The van der Waals surface area contributed by atoms with Gasteiger partial charge in [0, 0.05) is 25.0 Å². The SMILES string of the molecule is Cc1ccc(CC(C)(C)C(=O)NCCC(=O)O)cc1CN1CCOc2ccccc2S1. The van der Waals surface area contributed by atoms with Gasteiger partial charge in [-0.2, -0.15) is 0 Å². The van der Waals surface area contributed by atoms with E-state index in [1.807, 2.05) is 32.0 Å². The molecule has 2 aromatic rings. The van der Waals surface area contributed by atoms with E-state index in [4.69, 9.17) is 9.84 Å². The molecule has 0 fully saturated rings. The van der Waals surface area contributed by atoms with E-state index in [0.29, 0.717) is 13.0 Å². The molecular weight excluding hydrogens is 412 g/mol. The van der Waals surface area contributed by atoms with Crippen LogP contribution in [0.3, 0.4) is 0 Å². The number of carboxylic acid groups (broad SMARTS) is 1. The molecule has 166 valence electrons. The quantitative estimate of drug-likeness (QED) is 0.601. The Morgan fingerprint density at radius 2 is 2.00 bits per heavy atom. The molecule has 31 heavy (non-hydrogen) atoms. The molecule has 2 aromatic carbocycles. The number of carboxylic acids is 1. The Kier molecular flexibility index (Phi) is 7.62. The van der Waals surface area contributed by atoms with Crippen LogP contribution in [0.1, 0.15) is 37.0 Å². The maximum absolute atomic E-state index is 12.5. The minimum atomic E-state index is -0.916. The highest BCUT2D eigenvalue weighted by molar-refractivity contribution is 7.97. The molecule has 0 saturated carbocycles. The lowest BCUT2D eigenvalue weighted by molar-refractivity contribution is -0.137. The number of carbonyl (C=O) groups excluding carboxylic acids is 1. The lowest BCUT2D eigenvalue weighted by atomic mass is 9.84. The van der Waals surface area contributed by atoms with Crippen LogP contribution in [0.15, 0.2) is 47.4 Å². The maximum atomic E-state index is 12.5. The highest BCUT2D eigenvalue weighted by atomic mass is 32.2. The summed E-state index contributed by atoms with van der Waals surface area (Å²) in [5.41, 5.74) is 2.91. The van der Waals surface area contributed by atoms with Gasteiger partial charge in [0.1, 0.15) is 12.4 Å². The van der Waals surface area contributed by atoms with Crippen molar-refractivity contribution in [3.8, 4) is 5.75 Å². The minimum Gasteiger partial charge on any atom is -0.491 e. The Balaban J connectivity index is 1.67. The number of ether oxygens (including phenoxy) is 1. The highest BCUT2D eigenvalue weighted by Gasteiger charge is 2.28. The van der Waals surface area contributed by atoms with E-state index >= 15 is 0 Å². The summed E-state index contributed by atoms with van der Waals surface area (Å²) in [7, 11) is 0. The fourth-order valence-corrected chi connectivity index (χ4v) is 4.51. The van der Waals surface area contributed by atoms with Crippen molar-refractivity contribution in [2.45, 2.75) is 45.1 Å². The molecule has 7 heteroatoms. The van der Waals surface area contributed by atoms with Crippen molar-refractivity contribution in [1.29, 1.82) is 0 Å². The molecule has 3 rings (SSSR count). The van der Waals surface area contributed by atoms with E-state index in [1.165, 1.54) is 11.1 Å². The predicted octanol–water partition coefficient (Wildman–Crippen LogP) is 4.06. The van der Waals surface area contributed by atoms with Crippen LogP contribution in [-0.4, -0.2) is 41.0 Å². The molecule has 0 saturated heterocycles. The first-order valence-corrected chi connectivity index (χ1v) is 11.3. The van der Waals surface area contributed by atoms with Crippen molar-refractivity contribution in [2.75, 3.05) is 19.7 Å². The van der Waals surface area contributed by atoms with Gasteiger partial charge in [-0.15, -0.1) is 0 Å². The lowest BCUT2D eigenvalue weighted by Crippen LogP contribution is -2.39. The van der Waals surface area contributed by atoms with Crippen LogP contribution in [0.4, 0.5) is 0 Å². The minimum absolute atomic E-state index is 0.0726. The molecule has 1 amide bonds. The Morgan fingerprint density at radius 1 is 1.23 bits per heavy atom. The molecule has 0 bridgehead atoms. The summed E-state index contributed by atoms with van der Waals surface area (Å²) in [6, 6.07) is 14.4. The van der Waals surface area contributed by atoms with Crippen LogP contribution >= 0.6 is 11.9 Å². The van der Waals surface area contributed by atoms with Gasteiger partial charge in [-0.1, -0.05) is 44.2 Å². The topological polar surface area (TPSA) is 78.9 Å². The molecule has 1 aliphatic rings. The number of amides is 1. The lowest BCUT2D eigenvalue weighted by Gasteiger charge is -2.25. The van der Waals surface area contributed by atoms with Crippen LogP contribution in [-0.2, 0) is 22.6 Å². The van der Waals surface area contributed by atoms with E-state index in [-0.39, 0.29) is 18.9 Å². The van der Waals surface area contributed by atoms with Crippen LogP contribution in [0, 0.1) is 12.3 Å². The second kappa shape index (κ2) is 10.2. The molecule has 0 radical (unpaired) electrons. The van der Waals surface area contributed by atoms with Crippen molar-refractivity contribution in [3.63, 3.8) is 0 Å². The number of carbonyl (C=O) groups is 2. The monoisotopic (exact) mass is 442 g/mol. The molecule has 0 aromatic heterocycles. The summed E-state index contributed by atoms with van der Waals surface area (Å²) >= 11 is 1.71. The second-order valence-electron chi connectivity index (χ2n) is 8.47. The van der Waals surface area contributed by atoms with Gasteiger partial charge in [-0.25, -0.2) is 4.31 Å². The maximum Gasteiger partial charge on any atom is 0.305 e. The largest absolute Gasteiger partial charge is 0.491 e. The zero-order valence-electron chi connectivity index (χ0n) is 18.3. The van der Waals surface area contributed by atoms with Gasteiger partial charge in [-0.05, 0) is 54.1 Å². The Hall–Kier alpha value is -2.51. The van der Waals surface area contributed by atoms with Gasteiger partial charge in [0.05, 0.1) is 11.3 Å². The Labute approximate surface area is 188 Å². The fraction of sp³-hybridized carbons (Fsp3) is 0.417. The number of hydrogen-bond acceptors (Lipinski definition) is 5. The summed E-state index contributed by atoms with van der Waals surface area (Å²) in [6.07, 6.45) is 0.509. The average Bonchev–Trinajstić information content (AvgIpc) is 2.91. The number of nitrogens with zero attached hydrogens (tertiary/aromatic N) is 1. The number of aryl methyl sites for hydroxylation is 1. The van der Waals surface area contributed by atoms with Crippen LogP contribution < -0.4 is 10.1 Å². The fourth-order valence-electron chi connectivity index (χ4n) is 3.51. The van der Waals surface area contributed by atoms with E-state index in [9.17, 15) is 9.59 Å². The van der Waals surface area contributed by atoms with E-state index < -0.39 is 11.4 Å². The smallest absolute Gasteiger partial charge is 0.305 e. The number of hydrogen-bond donors (Lipinski definition) is 2. The summed E-state index contributed by atoms with van der Waals surface area (Å²) in [4.78, 5) is 24.3. The molecule has 6 nitrogen and oxygen atoms in total. The zero-order chi connectivity index (χ0) is 22.4. The van der Waals surface area contributed by atoms with Gasteiger partial charge in [-0.3, -0.25) is 9.59 Å². The molecule has 2 N–H and O–H groups in total. The molecule has 1 aliphatic heterocycles. The number of nitrogens with one attached hydrogen (secondary N) is 1. The van der Waals surface area contributed by atoms with Crippen LogP contribution in [0.2, 0.25) is 0 Å². The number of benzene rings is 2. The summed E-state index contributed by atoms with van der Waals surface area (Å²) in [6.45, 7) is 8.28. The van der Waals surface area contributed by atoms with Crippen LogP contribution in [0.25, 0.3) is 0 Å². The molecule has 0 aliphatic carbocycles. The molecule has 0 atom stereocenters. The first kappa shape index (κ1) is 23.2. The normalized spacial score (nSPS) is 14.3. The molecular formula is C24H30N2O4S. The third kappa shape index (κ3) is 6.48. The molecule has 1 heterocycles. The standard InChI is InChI=1S/C24H30N2O4S/c1-17-8-9-18(15-24(2,3)23(29)25-11-10-22(27)28)14-19(17)16-26-12-13-30-20-6-4-5-7-21(20)31-26/h4-9,14H,10-13,15-16H2,1-3H3,(H,25,29)(H,27,28). The van der Waals surface area contributed by atoms with Gasteiger partial charge >= 0.3 is 5.97 Å². The van der Waals surface area contributed by atoms with E-state index in [0.717, 1.165) is 29.3 Å². The Bertz CT molecular complexity index is 945. The van der Waals surface area contributed by atoms with Crippen molar-refractivity contribution in [1.82, 2.24) is 9.62 Å². The summed E-state index contributed by atoms with van der Waals surface area (Å²) in [5.74, 6) is -0.121. The number of fused-ring (bicyclic) bond motifs is 1. The van der Waals surface area contributed by atoms with Crippen molar-refractivity contribution < 1.29 is 19.4 Å². The van der Waals surface area contributed by atoms with E-state index in [1.54, 1.807) is 11.9 Å². The summed E-state index contributed by atoms with van der Waals surface area (Å²) < 4.78 is 8.17. The predicted molar refractivity (Wildman–Crippen MR) is 122 cm³/mol. The first-order chi connectivity index (χ1) is 14.7. The third-order valence-electron chi connectivity index (χ3n) is 5.32. The average molecular weight is 443 g/mol. The summed E-state index contributed by atoms with van der Waals surface area (Å²) in [5, 5.41) is 11.5. The third-order valence-corrected chi connectivity index (χ3v) is 6.42. The van der Waals surface area contributed by atoms with Gasteiger partial charge in [0.15, 0.2) is 0 Å². The highest BCUT2D eigenvalue weighted by Crippen LogP contribution is 2.35. The second-order valence-corrected chi connectivity index (χ2v) is 9.61. The van der Waals surface area contributed by atoms with Gasteiger partial charge in [0.25, 0.3) is 0 Å².